The second-order valence-electron chi connectivity index (χ2n) is 3.27. The molecule has 0 aromatic rings. The van der Waals surface area contributed by atoms with E-state index in [2.05, 4.69) is 6.92 Å². The summed E-state index contributed by atoms with van der Waals surface area (Å²) in [5, 5.41) is 8.35. The molecule has 0 aliphatic heterocycles. The molecule has 0 radical (unpaired) electrons. The predicted octanol–water partition coefficient (Wildman–Crippen LogP) is 1.91. The molecule has 0 bridgehead atoms. The molecule has 0 saturated carbocycles. The molecular weight excluding hydrogens is 214 g/mol. The van der Waals surface area contributed by atoms with E-state index < -0.39 is 5.97 Å². The van der Waals surface area contributed by atoms with E-state index in [1.165, 1.54) is 32.1 Å². The molecule has 0 amide bonds. The molecule has 0 saturated heterocycles. The van der Waals surface area contributed by atoms with Crippen LogP contribution in [0.15, 0.2) is 0 Å². The third kappa shape index (κ3) is 19.6. The summed E-state index contributed by atoms with van der Waals surface area (Å²) in [6.45, 7) is 2.20. The van der Waals surface area contributed by atoms with Crippen LogP contribution in [0.2, 0.25) is 0 Å². The van der Waals surface area contributed by atoms with Gasteiger partial charge in [0, 0.05) is 6.42 Å². The van der Waals surface area contributed by atoms with E-state index in [9.17, 15) is 4.79 Å². The number of carbonyl (C=O) groups is 1. The average molecular weight is 236 g/mol. The molecule has 0 aromatic heterocycles. The van der Waals surface area contributed by atoms with E-state index in [1.54, 1.807) is 0 Å². The van der Waals surface area contributed by atoms with Crippen molar-refractivity contribution in [1.29, 1.82) is 0 Å². The van der Waals surface area contributed by atoms with Crippen molar-refractivity contribution in [1.82, 2.24) is 0 Å². The van der Waals surface area contributed by atoms with Crippen LogP contribution in [0.25, 0.3) is 0 Å². The van der Waals surface area contributed by atoms with Gasteiger partial charge in [0.05, 0.1) is 0 Å². The molecule has 0 fully saturated rings. The van der Waals surface area contributed by atoms with Gasteiger partial charge in [-0.1, -0.05) is 45.4 Å². The molecule has 0 rings (SSSR count). The van der Waals surface area contributed by atoms with E-state index in [4.69, 9.17) is 5.11 Å². The molecule has 1 N–H and O–H groups in total. The van der Waals surface area contributed by atoms with Crippen LogP contribution >= 0.6 is 0 Å². The zero-order chi connectivity index (χ0) is 9.23. The van der Waals surface area contributed by atoms with Crippen LogP contribution < -0.4 is 0 Å². The number of carboxylic acid groups (broad SMARTS) is 1. The Hall–Kier alpha value is 2.11. The standard InChI is InChI=1S/C10H20O2.K.Na.2H/c1-2-3-4-5-6-7-8-9-10(11)12;;;;/h2-9H2,1H3,(H,11,12);;;;. The Balaban J connectivity index is -0.000000605. The van der Waals surface area contributed by atoms with Crippen molar-refractivity contribution in [3.63, 3.8) is 0 Å². The SMILES string of the molecule is CCCCCCCCCC(=O)O.[KH].[NaH]. The second kappa shape index (κ2) is 17.5. The van der Waals surface area contributed by atoms with Crippen molar-refractivity contribution in [2.45, 2.75) is 58.3 Å². The van der Waals surface area contributed by atoms with Gasteiger partial charge in [0.25, 0.3) is 0 Å². The van der Waals surface area contributed by atoms with Crippen molar-refractivity contribution < 1.29 is 9.90 Å². The molecule has 0 heterocycles. The number of rotatable bonds is 8. The fourth-order valence-corrected chi connectivity index (χ4v) is 1.23. The molecule has 4 heteroatoms. The van der Waals surface area contributed by atoms with Crippen LogP contribution in [0.4, 0.5) is 0 Å². The fraction of sp³-hybridized carbons (Fsp3) is 0.900. The fourth-order valence-electron chi connectivity index (χ4n) is 1.23. The normalized spacial score (nSPS) is 8.64. The van der Waals surface area contributed by atoms with Gasteiger partial charge >= 0.3 is 86.9 Å². The van der Waals surface area contributed by atoms with Crippen LogP contribution in [0.3, 0.4) is 0 Å². The molecule has 76 valence electrons. The van der Waals surface area contributed by atoms with Gasteiger partial charge in [-0.2, -0.15) is 0 Å². The number of carboxylic acids is 1. The molecule has 0 atom stereocenters. The number of aliphatic carboxylic acids is 1. The Morgan fingerprint density at radius 2 is 1.43 bits per heavy atom. The Morgan fingerprint density at radius 1 is 1.00 bits per heavy atom. The van der Waals surface area contributed by atoms with E-state index in [1.807, 2.05) is 0 Å². The number of unbranched alkanes of at least 4 members (excludes halogenated alkanes) is 6. The van der Waals surface area contributed by atoms with Gasteiger partial charge in [0.15, 0.2) is 0 Å². The van der Waals surface area contributed by atoms with Gasteiger partial charge in [-0.15, -0.1) is 0 Å². The summed E-state index contributed by atoms with van der Waals surface area (Å²) in [6, 6.07) is 0. The Morgan fingerprint density at radius 3 is 1.86 bits per heavy atom. The topological polar surface area (TPSA) is 37.3 Å². The summed E-state index contributed by atoms with van der Waals surface area (Å²) in [4.78, 5) is 10.1. The first-order valence-corrected chi connectivity index (χ1v) is 4.99. The number of hydrogen-bond donors (Lipinski definition) is 1. The predicted molar refractivity (Wildman–Crippen MR) is 64.5 cm³/mol. The summed E-state index contributed by atoms with van der Waals surface area (Å²) < 4.78 is 0. The van der Waals surface area contributed by atoms with Gasteiger partial charge < -0.3 is 5.11 Å². The van der Waals surface area contributed by atoms with Gasteiger partial charge in [-0.3, -0.25) is 4.79 Å². The summed E-state index contributed by atoms with van der Waals surface area (Å²) in [5.41, 5.74) is 0. The van der Waals surface area contributed by atoms with Gasteiger partial charge in [-0.25, -0.2) is 0 Å². The van der Waals surface area contributed by atoms with Crippen molar-refractivity contribution >= 4 is 86.9 Å². The van der Waals surface area contributed by atoms with Crippen molar-refractivity contribution in [2.24, 2.45) is 0 Å². The summed E-state index contributed by atoms with van der Waals surface area (Å²) in [6.07, 6.45) is 8.64. The summed E-state index contributed by atoms with van der Waals surface area (Å²) in [7, 11) is 0. The first-order valence-electron chi connectivity index (χ1n) is 4.99. The minimum atomic E-state index is -0.663. The van der Waals surface area contributed by atoms with Crippen LogP contribution in [-0.4, -0.2) is 92.0 Å². The maximum atomic E-state index is 10.1. The van der Waals surface area contributed by atoms with Gasteiger partial charge in [-0.05, 0) is 6.42 Å². The molecule has 0 aliphatic rings. The molecular formula is C10H22KNaO2. The zero-order valence-electron chi connectivity index (χ0n) is 8.01. The maximum absolute atomic E-state index is 10.1. The van der Waals surface area contributed by atoms with Crippen molar-refractivity contribution in [3.05, 3.63) is 0 Å². The van der Waals surface area contributed by atoms with Crippen LogP contribution in [-0.2, 0) is 4.79 Å². The van der Waals surface area contributed by atoms with Crippen molar-refractivity contribution in [2.75, 3.05) is 0 Å². The van der Waals surface area contributed by atoms with Crippen LogP contribution in [0.1, 0.15) is 58.3 Å². The molecule has 14 heavy (non-hydrogen) atoms. The quantitative estimate of drug-likeness (QED) is 0.516. The van der Waals surface area contributed by atoms with Crippen LogP contribution in [0.5, 0.6) is 0 Å². The van der Waals surface area contributed by atoms with Gasteiger partial charge in [0.1, 0.15) is 0 Å². The molecule has 0 aliphatic carbocycles. The van der Waals surface area contributed by atoms with E-state index in [0.717, 1.165) is 12.8 Å². The molecule has 0 spiro atoms. The first-order chi connectivity index (χ1) is 5.77. The molecule has 0 aromatic carbocycles. The Labute approximate surface area is 152 Å². The van der Waals surface area contributed by atoms with E-state index in [0.29, 0.717) is 6.42 Å². The molecule has 0 unspecified atom stereocenters. The third-order valence-electron chi connectivity index (χ3n) is 1.99. The monoisotopic (exact) mass is 236 g/mol. The minimum absolute atomic E-state index is 0. The summed E-state index contributed by atoms with van der Waals surface area (Å²) >= 11 is 0. The second-order valence-corrected chi connectivity index (χ2v) is 3.27. The third-order valence-corrected chi connectivity index (χ3v) is 1.99. The van der Waals surface area contributed by atoms with E-state index in [-0.39, 0.29) is 80.9 Å². The Kier molecular flexibility index (Phi) is 26.7. The Bertz CT molecular complexity index is 121. The van der Waals surface area contributed by atoms with Gasteiger partial charge in [0.2, 0.25) is 0 Å². The zero-order valence-corrected chi connectivity index (χ0v) is 8.01. The first kappa shape index (κ1) is 21.4. The number of hydrogen-bond acceptors (Lipinski definition) is 1. The molecule has 2 nitrogen and oxygen atoms in total. The van der Waals surface area contributed by atoms with Crippen molar-refractivity contribution in [3.8, 4) is 0 Å². The van der Waals surface area contributed by atoms with E-state index >= 15 is 0 Å². The average Bonchev–Trinajstić information content (AvgIpc) is 2.02. The van der Waals surface area contributed by atoms with Crippen LogP contribution in [0, 0.1) is 0 Å². The summed E-state index contributed by atoms with van der Waals surface area (Å²) in [5.74, 6) is -0.663.